The number of esters is 2. The van der Waals surface area contributed by atoms with Gasteiger partial charge in [0.2, 0.25) is 0 Å². The zero-order valence-corrected chi connectivity index (χ0v) is 56.5. The number of carbonyl (C=O) groups excluding carboxylic acids is 2. The van der Waals surface area contributed by atoms with Crippen molar-refractivity contribution in [3.8, 4) is 78.6 Å². The van der Waals surface area contributed by atoms with Gasteiger partial charge in [0.05, 0.1) is 24.3 Å². The fourth-order valence-corrected chi connectivity index (χ4v) is 14.9. The third kappa shape index (κ3) is 16.2. The van der Waals surface area contributed by atoms with Gasteiger partial charge in [-0.2, -0.15) is 0 Å². The Hall–Kier alpha value is -8.88. The van der Waals surface area contributed by atoms with Crippen LogP contribution < -0.4 is 18.9 Å². The van der Waals surface area contributed by atoms with Crippen molar-refractivity contribution in [2.45, 2.75) is 168 Å². The number of ether oxygens (including phenoxy) is 4. The van der Waals surface area contributed by atoms with Gasteiger partial charge in [-0.15, -0.1) is 0 Å². The van der Waals surface area contributed by atoms with E-state index in [2.05, 4.69) is 100 Å². The van der Waals surface area contributed by atoms with Crippen LogP contribution in [0.25, 0.3) is 77.2 Å². The van der Waals surface area contributed by atoms with E-state index < -0.39 is 23.6 Å². The fourth-order valence-electron chi connectivity index (χ4n) is 14.9. The van der Waals surface area contributed by atoms with Crippen LogP contribution in [0.3, 0.4) is 0 Å². The maximum Gasteiger partial charge on any atom is 0.346 e. The molecule has 0 unspecified atom stereocenters. The van der Waals surface area contributed by atoms with Crippen LogP contribution in [0.1, 0.15) is 200 Å². The van der Waals surface area contributed by atoms with Gasteiger partial charge in [-0.1, -0.05) is 213 Å². The Bertz CT molecular complexity index is 3980. The highest BCUT2D eigenvalue weighted by Crippen LogP contribution is 2.48. The Kier molecular flexibility index (Phi) is 22.5. The summed E-state index contributed by atoms with van der Waals surface area (Å²) in [6.45, 7) is 10.2. The monoisotopic (exact) mass is 1280 g/mol. The van der Waals surface area contributed by atoms with Gasteiger partial charge in [-0.05, 0) is 238 Å². The molecule has 2 aliphatic carbocycles. The van der Waals surface area contributed by atoms with Gasteiger partial charge in [0.25, 0.3) is 0 Å². The first-order chi connectivity index (χ1) is 47.0. The molecule has 2 aliphatic rings. The van der Waals surface area contributed by atoms with Crippen LogP contribution in [0.5, 0.6) is 23.0 Å². The van der Waals surface area contributed by atoms with Crippen molar-refractivity contribution in [1.82, 2.24) is 0 Å². The second-order valence-corrected chi connectivity index (χ2v) is 27.0. The third-order valence-electron chi connectivity index (χ3n) is 20.4. The van der Waals surface area contributed by atoms with Crippen LogP contribution in [-0.4, -0.2) is 25.2 Å². The minimum Gasteiger partial charge on any atom is -0.494 e. The Morgan fingerprint density at radius 1 is 0.354 bits per heavy atom. The van der Waals surface area contributed by atoms with Crippen LogP contribution in [-0.2, 0) is 0 Å². The Morgan fingerprint density at radius 3 is 1.05 bits per heavy atom. The van der Waals surface area contributed by atoms with E-state index in [9.17, 15) is 9.59 Å². The molecule has 0 aromatic heterocycles. The molecular formula is C88H92F2O6. The molecule has 2 saturated carbocycles. The quantitative estimate of drug-likeness (QED) is 0.0290. The maximum absolute atomic E-state index is 16.6. The molecule has 0 amide bonds. The van der Waals surface area contributed by atoms with Crippen LogP contribution in [0, 0.1) is 23.5 Å². The summed E-state index contributed by atoms with van der Waals surface area (Å²) in [5, 5.41) is 3.01. The van der Waals surface area contributed by atoms with E-state index in [0.29, 0.717) is 58.1 Å². The highest BCUT2D eigenvalue weighted by atomic mass is 19.1. The summed E-state index contributed by atoms with van der Waals surface area (Å²) in [4.78, 5) is 29.5. The highest BCUT2D eigenvalue weighted by Gasteiger charge is 2.28. The largest absolute Gasteiger partial charge is 0.494 e. The summed E-state index contributed by atoms with van der Waals surface area (Å²) >= 11 is 0. The van der Waals surface area contributed by atoms with E-state index in [-0.39, 0.29) is 22.6 Å². The summed E-state index contributed by atoms with van der Waals surface area (Å²) in [7, 11) is 0. The van der Waals surface area contributed by atoms with Gasteiger partial charge in [-0.3, -0.25) is 0 Å². The molecule has 6 nitrogen and oxygen atoms in total. The number of rotatable bonds is 27. The van der Waals surface area contributed by atoms with E-state index in [4.69, 9.17) is 18.9 Å². The Balaban J connectivity index is 0.916. The predicted octanol–water partition coefficient (Wildman–Crippen LogP) is 25.1. The first-order valence-corrected chi connectivity index (χ1v) is 35.9. The van der Waals surface area contributed by atoms with Crippen molar-refractivity contribution in [3.63, 3.8) is 0 Å². The third-order valence-corrected chi connectivity index (χ3v) is 20.4. The van der Waals surface area contributed by atoms with Gasteiger partial charge < -0.3 is 18.9 Å². The van der Waals surface area contributed by atoms with E-state index in [1.54, 1.807) is 24.3 Å². The molecule has 0 atom stereocenters. The van der Waals surface area contributed by atoms with Crippen molar-refractivity contribution in [1.29, 1.82) is 0 Å². The fraction of sp³-hybridized carbons (Fsp3) is 0.341. The van der Waals surface area contributed by atoms with Crippen molar-refractivity contribution in [2.75, 3.05) is 13.2 Å². The lowest BCUT2D eigenvalue weighted by molar-refractivity contribution is 0.0718. The first kappa shape index (κ1) is 67.1. The van der Waals surface area contributed by atoms with Gasteiger partial charge in [0.1, 0.15) is 34.6 Å². The Labute approximate surface area is 567 Å². The molecular weight excluding hydrogens is 1190 g/mol. The molecule has 0 bridgehead atoms. The minimum atomic E-state index is -0.910. The zero-order valence-electron chi connectivity index (χ0n) is 56.5. The molecule has 0 heterocycles. The predicted molar refractivity (Wildman–Crippen MR) is 390 cm³/mol. The van der Waals surface area contributed by atoms with Gasteiger partial charge in [0, 0.05) is 11.1 Å². The molecule has 494 valence electrons. The lowest BCUT2D eigenvalue weighted by Crippen LogP contribution is -2.13. The second kappa shape index (κ2) is 32.2. The van der Waals surface area contributed by atoms with Crippen LogP contribution in [0.2, 0.25) is 0 Å². The number of unbranched alkanes of at least 4 members (excludes halogenated alkanes) is 6. The second-order valence-electron chi connectivity index (χ2n) is 27.0. The lowest BCUT2D eigenvalue weighted by Gasteiger charge is -2.28. The van der Waals surface area contributed by atoms with Crippen molar-refractivity contribution >= 4 is 33.5 Å². The Morgan fingerprint density at radius 2 is 0.698 bits per heavy atom. The summed E-state index contributed by atoms with van der Waals surface area (Å²) < 4.78 is 58.2. The smallest absolute Gasteiger partial charge is 0.346 e. The standard InChI is InChI=1S/C88H92F2O6/c1-5-9-11-13-53-93-75-43-33-67(34-44-75)71-39-49-79(81(89)57-71)87(91)95-83-51-41-73-55-69(65-29-25-63(26-30-65)61-21-17-59(15-7-3)18-22-61)37-47-77(73)85(83)86-78-48-38-70(66-31-27-64(28-32-66)62-23-19-60(16-8-4)20-24-62)56-74(78)42-52-84(86)96-88(92)80-50-40-72(58-82(80)90)68-35-45-76(46-36-68)94-54-14-12-10-6-2/h25-52,55-62H,5-24,53-54H2,1-4H3/t59-,60-,61-,62-. The molecule has 8 heteroatoms. The number of fused-ring (bicyclic) bond motifs is 2. The normalized spacial score (nSPS) is 16.4. The highest BCUT2D eigenvalue weighted by molar-refractivity contribution is 6.12. The van der Waals surface area contributed by atoms with Crippen molar-refractivity contribution in [3.05, 3.63) is 228 Å². The number of halogens is 2. The zero-order chi connectivity index (χ0) is 66.3. The molecule has 2 fully saturated rings. The van der Waals surface area contributed by atoms with E-state index in [1.807, 2.05) is 72.8 Å². The summed E-state index contributed by atoms with van der Waals surface area (Å²) in [5.74, 6) is 1.15. The molecule has 10 aromatic carbocycles. The summed E-state index contributed by atoms with van der Waals surface area (Å²) in [6.07, 6.45) is 23.9. The van der Waals surface area contributed by atoms with Gasteiger partial charge in [-0.25, -0.2) is 18.4 Å². The van der Waals surface area contributed by atoms with E-state index in [0.717, 1.165) is 106 Å². The topological polar surface area (TPSA) is 71.1 Å². The average molecular weight is 1280 g/mol. The van der Waals surface area contributed by atoms with E-state index in [1.165, 1.54) is 125 Å². The number of hydrogen-bond donors (Lipinski definition) is 0. The number of carbonyl (C=O) groups is 2. The minimum absolute atomic E-state index is 0.114. The molecule has 0 spiro atoms. The van der Waals surface area contributed by atoms with Crippen molar-refractivity contribution < 1.29 is 37.3 Å². The molecule has 0 N–H and O–H groups in total. The SMILES string of the molecule is CCCCCCOc1ccc(-c2ccc(C(=O)Oc3ccc4cc(-c5ccc([C@H]6CC[C@H](CCC)CC6)cc5)ccc4c3-c3c(OC(=O)c4ccc(-c5ccc(OCCCCCC)cc5)cc4F)ccc4cc(-c5ccc([C@H]6CC[C@H](CCC)CC6)cc5)ccc34)c(F)c2)cc1. The molecule has 96 heavy (non-hydrogen) atoms. The maximum atomic E-state index is 16.6. The molecule has 0 aliphatic heterocycles. The van der Waals surface area contributed by atoms with Gasteiger partial charge >= 0.3 is 11.9 Å². The molecule has 0 saturated heterocycles. The number of benzene rings is 10. The van der Waals surface area contributed by atoms with E-state index >= 15 is 8.78 Å². The van der Waals surface area contributed by atoms with Crippen LogP contribution in [0.4, 0.5) is 8.78 Å². The molecule has 0 radical (unpaired) electrons. The van der Waals surface area contributed by atoms with Crippen LogP contribution in [0.15, 0.2) is 194 Å². The average Bonchev–Trinajstić information content (AvgIpc) is 0.744. The summed E-state index contributed by atoms with van der Waals surface area (Å²) in [6, 6.07) is 61.8. The van der Waals surface area contributed by atoms with Crippen LogP contribution >= 0.6 is 0 Å². The van der Waals surface area contributed by atoms with Gasteiger partial charge in [0.15, 0.2) is 0 Å². The lowest BCUT2D eigenvalue weighted by atomic mass is 9.77. The molecule has 12 rings (SSSR count). The van der Waals surface area contributed by atoms with Crippen molar-refractivity contribution in [2.24, 2.45) is 11.8 Å². The molecule has 10 aromatic rings. The summed E-state index contributed by atoms with van der Waals surface area (Å²) in [5.41, 5.74) is 9.94. The number of hydrogen-bond acceptors (Lipinski definition) is 6. The first-order valence-electron chi connectivity index (χ1n) is 35.9.